The van der Waals surface area contributed by atoms with Crippen LogP contribution in [0.4, 0.5) is 5.69 Å². The second-order valence-corrected chi connectivity index (χ2v) is 7.63. The molecule has 1 N–H and O–H groups in total. The minimum absolute atomic E-state index is 0.0282. The first-order valence-electron chi connectivity index (χ1n) is 7.95. The van der Waals surface area contributed by atoms with Gasteiger partial charge in [-0.1, -0.05) is 12.1 Å². The number of imidazole rings is 1. The van der Waals surface area contributed by atoms with Crippen molar-refractivity contribution in [1.82, 2.24) is 13.9 Å². The molecule has 0 atom stereocenters. The number of carbonyl (C=O) groups excluding carboxylic acids is 1. The molecule has 2 heterocycles. The molecule has 8 nitrogen and oxygen atoms in total. The molecule has 0 aliphatic carbocycles. The van der Waals surface area contributed by atoms with E-state index in [9.17, 15) is 13.2 Å². The van der Waals surface area contributed by atoms with Crippen molar-refractivity contribution in [3.05, 3.63) is 36.8 Å². The van der Waals surface area contributed by atoms with E-state index in [1.807, 2.05) is 0 Å². The molecule has 1 fully saturated rings. The molecule has 2 aromatic rings. The summed E-state index contributed by atoms with van der Waals surface area (Å²) in [7, 11) is -2.05. The molecule has 0 unspecified atom stereocenters. The van der Waals surface area contributed by atoms with E-state index < -0.39 is 10.0 Å². The zero-order valence-electron chi connectivity index (χ0n) is 13.9. The van der Waals surface area contributed by atoms with Crippen LogP contribution in [0.2, 0.25) is 0 Å². The monoisotopic (exact) mass is 364 g/mol. The average molecular weight is 364 g/mol. The maximum Gasteiger partial charge on any atom is 0.262 e. The average Bonchev–Trinajstić information content (AvgIpc) is 3.27. The maximum absolute atomic E-state index is 12.4. The number of benzene rings is 1. The second kappa shape index (κ2) is 7.24. The third-order valence-electron chi connectivity index (χ3n) is 3.99. The molecule has 134 valence electrons. The van der Waals surface area contributed by atoms with Gasteiger partial charge in [-0.2, -0.15) is 4.31 Å². The Labute approximate surface area is 146 Å². The third-order valence-corrected chi connectivity index (χ3v) is 5.77. The molecule has 0 bridgehead atoms. The predicted octanol–water partition coefficient (Wildman–Crippen LogP) is 1.31. The van der Waals surface area contributed by atoms with Crippen molar-refractivity contribution in [3.8, 4) is 5.75 Å². The molecular formula is C16H20N4O4S. The van der Waals surface area contributed by atoms with Crippen LogP contribution in [-0.4, -0.2) is 48.4 Å². The van der Waals surface area contributed by atoms with Gasteiger partial charge in [0.15, 0.2) is 5.03 Å². The summed E-state index contributed by atoms with van der Waals surface area (Å²) in [6.07, 6.45) is 4.46. The Kier molecular flexibility index (Phi) is 5.05. The summed E-state index contributed by atoms with van der Waals surface area (Å²) in [6, 6.07) is 7.07. The van der Waals surface area contributed by atoms with Gasteiger partial charge in [-0.15, -0.1) is 0 Å². The highest BCUT2D eigenvalue weighted by atomic mass is 32.2. The highest BCUT2D eigenvalue weighted by molar-refractivity contribution is 7.89. The van der Waals surface area contributed by atoms with Crippen LogP contribution in [0.15, 0.2) is 41.8 Å². The Morgan fingerprint density at radius 3 is 2.72 bits per heavy atom. The van der Waals surface area contributed by atoms with Gasteiger partial charge in [0, 0.05) is 19.3 Å². The van der Waals surface area contributed by atoms with Crippen LogP contribution >= 0.6 is 0 Å². The zero-order valence-corrected chi connectivity index (χ0v) is 14.7. The summed E-state index contributed by atoms with van der Waals surface area (Å²) in [4.78, 5) is 16.1. The lowest BCUT2D eigenvalue weighted by Crippen LogP contribution is -2.28. The highest BCUT2D eigenvalue weighted by Crippen LogP contribution is 2.23. The smallest absolute Gasteiger partial charge is 0.262 e. The van der Waals surface area contributed by atoms with E-state index >= 15 is 0 Å². The first-order valence-corrected chi connectivity index (χ1v) is 9.39. The Bertz CT molecular complexity index is 857. The lowest BCUT2D eigenvalue weighted by molar-refractivity contribution is -0.116. The fraction of sp³-hybridized carbons (Fsp3) is 0.375. The van der Waals surface area contributed by atoms with E-state index in [2.05, 4.69) is 10.3 Å². The molecule has 1 aromatic heterocycles. The first kappa shape index (κ1) is 17.4. The third kappa shape index (κ3) is 3.83. The number of rotatable bonds is 6. The minimum atomic E-state index is -3.57. The summed E-state index contributed by atoms with van der Waals surface area (Å²) in [5.41, 5.74) is 0.556. The van der Waals surface area contributed by atoms with Gasteiger partial charge in [0.1, 0.15) is 12.3 Å². The number of carbonyl (C=O) groups is 1. The molecule has 0 radical (unpaired) electrons. The van der Waals surface area contributed by atoms with Crippen LogP contribution in [0.3, 0.4) is 0 Å². The first-order chi connectivity index (χ1) is 12.0. The Morgan fingerprint density at radius 2 is 2.00 bits per heavy atom. The van der Waals surface area contributed by atoms with E-state index in [4.69, 9.17) is 4.74 Å². The number of methoxy groups -OCH3 is 1. The summed E-state index contributed by atoms with van der Waals surface area (Å²) < 4.78 is 32.9. The fourth-order valence-electron chi connectivity index (χ4n) is 2.72. The number of amides is 1. The van der Waals surface area contributed by atoms with E-state index in [-0.39, 0.29) is 17.5 Å². The molecule has 1 saturated heterocycles. The Morgan fingerprint density at radius 1 is 1.28 bits per heavy atom. The molecule has 1 aliphatic rings. The lowest BCUT2D eigenvalue weighted by Gasteiger charge is -2.12. The molecule has 9 heteroatoms. The topological polar surface area (TPSA) is 93.5 Å². The molecule has 0 spiro atoms. The van der Waals surface area contributed by atoms with E-state index in [1.165, 1.54) is 28.5 Å². The molecule has 3 rings (SSSR count). The zero-order chi connectivity index (χ0) is 17.9. The van der Waals surface area contributed by atoms with Crippen LogP contribution < -0.4 is 10.1 Å². The summed E-state index contributed by atoms with van der Waals surface area (Å²) in [5.74, 6) is 0.255. The van der Waals surface area contributed by atoms with Crippen LogP contribution in [0.1, 0.15) is 12.8 Å². The summed E-state index contributed by atoms with van der Waals surface area (Å²) in [5, 5.41) is 2.71. The molecular weight excluding hydrogens is 344 g/mol. The largest absolute Gasteiger partial charge is 0.495 e. The van der Waals surface area contributed by atoms with Crippen molar-refractivity contribution in [2.24, 2.45) is 0 Å². The number of para-hydroxylation sites is 2. The van der Waals surface area contributed by atoms with Crippen molar-refractivity contribution in [1.29, 1.82) is 0 Å². The molecule has 25 heavy (non-hydrogen) atoms. The molecule has 1 aliphatic heterocycles. The van der Waals surface area contributed by atoms with Crippen LogP contribution in [0.5, 0.6) is 5.75 Å². The van der Waals surface area contributed by atoms with Gasteiger partial charge in [0.2, 0.25) is 5.91 Å². The molecule has 0 saturated carbocycles. The fourth-order valence-corrected chi connectivity index (χ4v) is 4.18. The van der Waals surface area contributed by atoms with Crippen molar-refractivity contribution in [2.75, 3.05) is 25.5 Å². The van der Waals surface area contributed by atoms with Gasteiger partial charge in [0.05, 0.1) is 19.1 Å². The minimum Gasteiger partial charge on any atom is -0.495 e. The lowest BCUT2D eigenvalue weighted by atomic mass is 10.3. The maximum atomic E-state index is 12.4. The summed E-state index contributed by atoms with van der Waals surface area (Å²) >= 11 is 0. The van der Waals surface area contributed by atoms with Gasteiger partial charge < -0.3 is 14.6 Å². The number of aromatic nitrogens is 2. The van der Waals surface area contributed by atoms with Crippen LogP contribution in [0.25, 0.3) is 0 Å². The standard InChI is InChI=1S/C16H20N4O4S/c1-24-14-7-3-2-6-13(14)18-15(21)10-19-11-16(17-12-19)25(22,23)20-8-4-5-9-20/h2-3,6-7,11-12H,4-5,8-10H2,1H3,(H,18,21). The SMILES string of the molecule is COc1ccccc1NC(=O)Cn1cnc(S(=O)(=O)N2CCCC2)c1. The number of hydrogen-bond donors (Lipinski definition) is 1. The van der Waals surface area contributed by atoms with Crippen molar-refractivity contribution in [2.45, 2.75) is 24.4 Å². The second-order valence-electron chi connectivity index (χ2n) is 5.74. The van der Waals surface area contributed by atoms with E-state index in [0.29, 0.717) is 24.5 Å². The van der Waals surface area contributed by atoms with Gasteiger partial charge in [-0.25, -0.2) is 13.4 Å². The van der Waals surface area contributed by atoms with Gasteiger partial charge >= 0.3 is 0 Å². The number of ether oxygens (including phenoxy) is 1. The number of nitrogens with zero attached hydrogens (tertiary/aromatic N) is 3. The predicted molar refractivity (Wildman–Crippen MR) is 91.8 cm³/mol. The van der Waals surface area contributed by atoms with E-state index in [1.54, 1.807) is 24.3 Å². The van der Waals surface area contributed by atoms with Gasteiger partial charge in [0.25, 0.3) is 10.0 Å². The normalized spacial score (nSPS) is 15.2. The highest BCUT2D eigenvalue weighted by Gasteiger charge is 2.29. The van der Waals surface area contributed by atoms with Crippen LogP contribution in [-0.2, 0) is 21.4 Å². The number of anilines is 1. The number of sulfonamides is 1. The quantitative estimate of drug-likeness (QED) is 0.834. The molecule has 1 aromatic carbocycles. The Balaban J connectivity index is 1.68. The van der Waals surface area contributed by atoms with Crippen LogP contribution in [0, 0.1) is 0 Å². The summed E-state index contributed by atoms with van der Waals surface area (Å²) in [6.45, 7) is 0.994. The van der Waals surface area contributed by atoms with Gasteiger partial charge in [-0.05, 0) is 25.0 Å². The Hall–Kier alpha value is -2.39. The van der Waals surface area contributed by atoms with Crippen molar-refractivity contribution in [3.63, 3.8) is 0 Å². The van der Waals surface area contributed by atoms with E-state index in [0.717, 1.165) is 12.8 Å². The molecule has 1 amide bonds. The number of hydrogen-bond acceptors (Lipinski definition) is 5. The number of nitrogens with one attached hydrogen (secondary N) is 1. The van der Waals surface area contributed by atoms with Gasteiger partial charge in [-0.3, -0.25) is 4.79 Å². The van der Waals surface area contributed by atoms with Crippen molar-refractivity contribution < 1.29 is 17.9 Å². The van der Waals surface area contributed by atoms with Crippen molar-refractivity contribution >= 4 is 21.6 Å².